The summed E-state index contributed by atoms with van der Waals surface area (Å²) in [6.07, 6.45) is 2.25. The lowest BCUT2D eigenvalue weighted by atomic mass is 9.84. The Kier molecular flexibility index (Phi) is 4.01. The van der Waals surface area contributed by atoms with E-state index in [4.69, 9.17) is 4.42 Å². The van der Waals surface area contributed by atoms with E-state index in [0.29, 0.717) is 17.2 Å². The topological polar surface area (TPSA) is 88.6 Å². The number of hydrogen-bond acceptors (Lipinski definition) is 5. The van der Waals surface area contributed by atoms with E-state index in [0.717, 1.165) is 32.5 Å². The fourth-order valence-corrected chi connectivity index (χ4v) is 3.76. The monoisotopic (exact) mass is 341 g/mol. The molecule has 4 heterocycles. The molecule has 0 aliphatic carbocycles. The van der Waals surface area contributed by atoms with Crippen LogP contribution in [0.25, 0.3) is 11.3 Å². The number of piperidine rings is 3. The highest BCUT2D eigenvalue weighted by Gasteiger charge is 2.35. The molecule has 1 unspecified atom stereocenters. The van der Waals surface area contributed by atoms with Crippen molar-refractivity contribution in [1.82, 2.24) is 10.2 Å². The molecule has 7 nitrogen and oxygen atoms in total. The van der Waals surface area contributed by atoms with Crippen molar-refractivity contribution < 1.29 is 14.1 Å². The van der Waals surface area contributed by atoms with Crippen LogP contribution in [0.15, 0.2) is 40.8 Å². The maximum Gasteiger partial charge on any atom is 0.287 e. The van der Waals surface area contributed by atoms with Crippen LogP contribution in [0, 0.1) is 16.0 Å². The summed E-state index contributed by atoms with van der Waals surface area (Å²) in [4.78, 5) is 25.3. The van der Waals surface area contributed by atoms with Crippen molar-refractivity contribution in [2.24, 2.45) is 5.92 Å². The van der Waals surface area contributed by atoms with Crippen molar-refractivity contribution in [3.8, 4) is 11.3 Å². The molecule has 130 valence electrons. The Bertz CT molecular complexity index is 808. The zero-order valence-electron chi connectivity index (χ0n) is 13.7. The summed E-state index contributed by atoms with van der Waals surface area (Å²) in [6, 6.07) is 9.64. The van der Waals surface area contributed by atoms with E-state index in [-0.39, 0.29) is 23.4 Å². The van der Waals surface area contributed by atoms with E-state index < -0.39 is 4.92 Å². The molecule has 25 heavy (non-hydrogen) atoms. The lowest BCUT2D eigenvalue weighted by Gasteiger charge is -2.44. The van der Waals surface area contributed by atoms with Gasteiger partial charge in [0.05, 0.1) is 4.92 Å². The third kappa shape index (κ3) is 3.15. The Morgan fingerprint density at radius 2 is 2.04 bits per heavy atom. The zero-order chi connectivity index (χ0) is 17.4. The largest absolute Gasteiger partial charge is 0.451 e. The molecular weight excluding hydrogens is 322 g/mol. The first kappa shape index (κ1) is 15.8. The van der Waals surface area contributed by atoms with Gasteiger partial charge in [0.2, 0.25) is 0 Å². The maximum absolute atomic E-state index is 12.5. The highest BCUT2D eigenvalue weighted by atomic mass is 16.6. The van der Waals surface area contributed by atoms with Crippen LogP contribution < -0.4 is 5.32 Å². The molecule has 7 heteroatoms. The lowest BCUT2D eigenvalue weighted by Crippen LogP contribution is -2.57. The van der Waals surface area contributed by atoms with Crippen LogP contribution in [0.4, 0.5) is 5.69 Å². The molecule has 2 aromatic rings. The van der Waals surface area contributed by atoms with Gasteiger partial charge in [-0.2, -0.15) is 0 Å². The molecule has 5 rings (SSSR count). The number of nitrogens with zero attached hydrogens (tertiary/aromatic N) is 2. The van der Waals surface area contributed by atoms with Gasteiger partial charge >= 0.3 is 0 Å². The van der Waals surface area contributed by atoms with E-state index in [2.05, 4.69) is 10.2 Å². The number of nitro groups is 1. The third-order valence-corrected chi connectivity index (χ3v) is 5.14. The Morgan fingerprint density at radius 3 is 2.72 bits per heavy atom. The van der Waals surface area contributed by atoms with Crippen LogP contribution in [-0.2, 0) is 0 Å². The summed E-state index contributed by atoms with van der Waals surface area (Å²) in [7, 11) is 0. The first-order valence-corrected chi connectivity index (χ1v) is 8.48. The van der Waals surface area contributed by atoms with E-state index in [9.17, 15) is 14.9 Å². The third-order valence-electron chi connectivity index (χ3n) is 5.14. The molecule has 1 aromatic heterocycles. The summed E-state index contributed by atoms with van der Waals surface area (Å²) in [5.41, 5.74) is 0.572. The molecule has 3 fully saturated rings. The van der Waals surface area contributed by atoms with E-state index >= 15 is 0 Å². The highest BCUT2D eigenvalue weighted by molar-refractivity contribution is 5.92. The molecule has 3 saturated heterocycles. The van der Waals surface area contributed by atoms with E-state index in [1.807, 2.05) is 0 Å². The molecule has 1 atom stereocenters. The minimum atomic E-state index is -0.451. The van der Waals surface area contributed by atoms with Gasteiger partial charge in [0.15, 0.2) is 5.76 Å². The molecule has 1 amide bonds. The number of carbonyl (C=O) groups is 1. The Balaban J connectivity index is 1.48. The van der Waals surface area contributed by atoms with Crippen LogP contribution in [0.2, 0.25) is 0 Å². The average molecular weight is 341 g/mol. The van der Waals surface area contributed by atoms with E-state index in [1.165, 1.54) is 12.1 Å². The summed E-state index contributed by atoms with van der Waals surface area (Å²) in [5.74, 6) is 0.997. The minimum absolute atomic E-state index is 0.00724. The van der Waals surface area contributed by atoms with Crippen molar-refractivity contribution in [2.75, 3.05) is 19.6 Å². The molecule has 2 bridgehead atoms. The number of benzene rings is 1. The summed E-state index contributed by atoms with van der Waals surface area (Å²) in [5, 5.41) is 14.0. The molecule has 1 N–H and O–H groups in total. The number of fused-ring (bicyclic) bond motifs is 3. The molecule has 3 aliphatic rings. The second-order valence-corrected chi connectivity index (χ2v) is 6.69. The maximum atomic E-state index is 12.5. The quantitative estimate of drug-likeness (QED) is 0.682. The highest BCUT2D eigenvalue weighted by Crippen LogP contribution is 2.29. The number of non-ortho nitro benzene ring substituents is 1. The molecule has 0 radical (unpaired) electrons. The molecule has 3 aliphatic heterocycles. The SMILES string of the molecule is O=C(NC1CN2CCC1CC2)c1ccc(-c2cccc([N+](=O)[O-])c2)o1. The number of nitro benzene ring substituents is 1. The number of amides is 1. The number of nitrogens with one attached hydrogen (secondary N) is 1. The number of hydrogen-bond donors (Lipinski definition) is 1. The van der Waals surface area contributed by atoms with Crippen molar-refractivity contribution in [2.45, 2.75) is 18.9 Å². The van der Waals surface area contributed by atoms with Crippen molar-refractivity contribution in [3.63, 3.8) is 0 Å². The average Bonchev–Trinajstić information content (AvgIpc) is 3.13. The standard InChI is InChI=1S/C18H19N3O4/c22-18(19-15-11-20-8-6-12(15)7-9-20)17-5-4-16(25-17)13-2-1-3-14(10-13)21(23)24/h1-5,10,12,15H,6-9,11H2,(H,19,22). The lowest BCUT2D eigenvalue weighted by molar-refractivity contribution is -0.384. The van der Waals surface area contributed by atoms with Gasteiger partial charge in [-0.05, 0) is 44.0 Å². The van der Waals surface area contributed by atoms with Gasteiger partial charge in [-0.25, -0.2) is 0 Å². The minimum Gasteiger partial charge on any atom is -0.451 e. The molecular formula is C18H19N3O4. The summed E-state index contributed by atoms with van der Waals surface area (Å²) in [6.45, 7) is 3.14. The van der Waals surface area contributed by atoms with Crippen LogP contribution >= 0.6 is 0 Å². The number of rotatable bonds is 4. The summed E-state index contributed by atoms with van der Waals surface area (Å²) < 4.78 is 5.64. The van der Waals surface area contributed by atoms with E-state index in [1.54, 1.807) is 24.3 Å². The van der Waals surface area contributed by atoms with Gasteiger partial charge in [0.1, 0.15) is 5.76 Å². The van der Waals surface area contributed by atoms with Gasteiger partial charge in [-0.3, -0.25) is 14.9 Å². The van der Waals surface area contributed by atoms with Crippen LogP contribution in [0.1, 0.15) is 23.4 Å². The van der Waals surface area contributed by atoms with Gasteiger partial charge < -0.3 is 14.6 Å². The second kappa shape index (κ2) is 6.33. The fourth-order valence-electron chi connectivity index (χ4n) is 3.76. The van der Waals surface area contributed by atoms with Crippen LogP contribution in [0.3, 0.4) is 0 Å². The fraction of sp³-hybridized carbons (Fsp3) is 0.389. The Labute approximate surface area is 144 Å². The number of furan rings is 1. The number of carbonyl (C=O) groups excluding carboxylic acids is 1. The molecule has 0 saturated carbocycles. The zero-order valence-corrected chi connectivity index (χ0v) is 13.7. The summed E-state index contributed by atoms with van der Waals surface area (Å²) >= 11 is 0. The Hall–Kier alpha value is -2.67. The predicted molar refractivity (Wildman–Crippen MR) is 91.2 cm³/mol. The first-order chi connectivity index (χ1) is 12.1. The van der Waals surface area contributed by atoms with Crippen LogP contribution in [0.5, 0.6) is 0 Å². The van der Waals surface area contributed by atoms with Crippen molar-refractivity contribution in [1.29, 1.82) is 0 Å². The smallest absolute Gasteiger partial charge is 0.287 e. The van der Waals surface area contributed by atoms with Crippen LogP contribution in [-0.4, -0.2) is 41.4 Å². The predicted octanol–water partition coefficient (Wildman–Crippen LogP) is 2.68. The second-order valence-electron chi connectivity index (χ2n) is 6.69. The van der Waals surface area contributed by atoms with Gasteiger partial charge in [0.25, 0.3) is 11.6 Å². The first-order valence-electron chi connectivity index (χ1n) is 8.48. The Morgan fingerprint density at radius 1 is 1.24 bits per heavy atom. The van der Waals surface area contributed by atoms with Crippen molar-refractivity contribution >= 4 is 11.6 Å². The molecule has 0 spiro atoms. The molecule has 1 aromatic carbocycles. The van der Waals surface area contributed by atoms with Gasteiger partial charge in [0, 0.05) is 30.3 Å². The van der Waals surface area contributed by atoms with Crippen molar-refractivity contribution in [3.05, 3.63) is 52.3 Å². The van der Waals surface area contributed by atoms with Gasteiger partial charge in [-0.15, -0.1) is 0 Å². The van der Waals surface area contributed by atoms with Gasteiger partial charge in [-0.1, -0.05) is 12.1 Å². The normalized spacial score (nSPS) is 24.9.